The van der Waals surface area contributed by atoms with E-state index in [-0.39, 0.29) is 12.0 Å². The van der Waals surface area contributed by atoms with E-state index < -0.39 is 0 Å². The smallest absolute Gasteiger partial charge is 0.216 e. The predicted octanol–water partition coefficient (Wildman–Crippen LogP) is 1.60. The summed E-state index contributed by atoms with van der Waals surface area (Å²) in [6, 6.07) is 10.1. The van der Waals surface area contributed by atoms with E-state index in [1.54, 1.807) is 6.92 Å². The molecule has 0 aliphatic carbocycles. The third kappa shape index (κ3) is 4.66. The van der Waals surface area contributed by atoms with Crippen molar-refractivity contribution in [1.29, 1.82) is 0 Å². The molecule has 1 fully saturated rings. The standard InChI is InChI=1S/C18H24N4O2/c1-15(23)19-8-7-18-14-21(9-10-24-18)12-16-11-20-22(13-16)17-5-3-2-4-6-17/h2-6,11,13,18H,7-10,12,14H2,1H3,(H,19,23)/t18-/m1/s1. The van der Waals surface area contributed by atoms with E-state index in [0.29, 0.717) is 6.54 Å². The highest BCUT2D eigenvalue weighted by Crippen LogP contribution is 2.13. The Morgan fingerprint density at radius 1 is 1.38 bits per heavy atom. The number of carbonyl (C=O) groups excluding carboxylic acids is 1. The second-order valence-corrected chi connectivity index (χ2v) is 6.13. The first-order valence-corrected chi connectivity index (χ1v) is 8.38. The van der Waals surface area contributed by atoms with Crippen molar-refractivity contribution in [3.63, 3.8) is 0 Å². The number of para-hydroxylation sites is 1. The molecule has 2 aromatic rings. The van der Waals surface area contributed by atoms with E-state index in [9.17, 15) is 4.79 Å². The van der Waals surface area contributed by atoms with E-state index in [2.05, 4.69) is 21.5 Å². The lowest BCUT2D eigenvalue weighted by Crippen LogP contribution is -2.43. The van der Waals surface area contributed by atoms with Crippen LogP contribution in [-0.4, -0.2) is 52.9 Å². The molecule has 0 radical (unpaired) electrons. The molecule has 1 atom stereocenters. The molecule has 0 bridgehead atoms. The van der Waals surface area contributed by atoms with Gasteiger partial charge in [0.2, 0.25) is 5.91 Å². The fourth-order valence-corrected chi connectivity index (χ4v) is 2.93. The second kappa shape index (κ2) is 8.08. The maximum absolute atomic E-state index is 10.9. The topological polar surface area (TPSA) is 59.4 Å². The van der Waals surface area contributed by atoms with Crippen LogP contribution in [0.15, 0.2) is 42.7 Å². The molecule has 1 aromatic carbocycles. The Labute approximate surface area is 142 Å². The van der Waals surface area contributed by atoms with Crippen molar-refractivity contribution in [3.8, 4) is 5.69 Å². The van der Waals surface area contributed by atoms with Crippen LogP contribution in [0.2, 0.25) is 0 Å². The molecule has 0 spiro atoms. The number of benzene rings is 1. The first kappa shape index (κ1) is 16.7. The van der Waals surface area contributed by atoms with Crippen LogP contribution in [-0.2, 0) is 16.1 Å². The number of hydrogen-bond acceptors (Lipinski definition) is 4. The van der Waals surface area contributed by atoms with Gasteiger partial charge in [-0.2, -0.15) is 5.10 Å². The molecule has 0 saturated carbocycles. The molecule has 1 aromatic heterocycles. The van der Waals surface area contributed by atoms with Crippen LogP contribution < -0.4 is 5.32 Å². The lowest BCUT2D eigenvalue weighted by molar-refractivity contribution is -0.119. The Hall–Kier alpha value is -2.18. The van der Waals surface area contributed by atoms with Gasteiger partial charge < -0.3 is 10.1 Å². The van der Waals surface area contributed by atoms with Crippen LogP contribution in [0, 0.1) is 0 Å². The lowest BCUT2D eigenvalue weighted by Gasteiger charge is -2.32. The van der Waals surface area contributed by atoms with Gasteiger partial charge in [0.25, 0.3) is 0 Å². The summed E-state index contributed by atoms with van der Waals surface area (Å²) in [6.07, 6.45) is 5.03. The van der Waals surface area contributed by atoms with Gasteiger partial charge in [-0.15, -0.1) is 0 Å². The number of rotatable bonds is 6. The van der Waals surface area contributed by atoms with Gasteiger partial charge in [-0.1, -0.05) is 18.2 Å². The largest absolute Gasteiger partial charge is 0.375 e. The molecule has 2 heterocycles. The van der Waals surface area contributed by atoms with Crippen molar-refractivity contribution < 1.29 is 9.53 Å². The Kier molecular flexibility index (Phi) is 5.61. The molecule has 1 aliphatic heterocycles. The van der Waals surface area contributed by atoms with Gasteiger partial charge in [0, 0.05) is 44.9 Å². The fraction of sp³-hybridized carbons (Fsp3) is 0.444. The molecule has 1 aliphatic rings. The summed E-state index contributed by atoms with van der Waals surface area (Å²) < 4.78 is 7.70. The number of nitrogens with one attached hydrogen (secondary N) is 1. The van der Waals surface area contributed by atoms with Crippen molar-refractivity contribution in [3.05, 3.63) is 48.3 Å². The van der Waals surface area contributed by atoms with E-state index >= 15 is 0 Å². The van der Waals surface area contributed by atoms with Gasteiger partial charge >= 0.3 is 0 Å². The quantitative estimate of drug-likeness (QED) is 0.875. The number of morpholine rings is 1. The first-order chi connectivity index (χ1) is 11.7. The highest BCUT2D eigenvalue weighted by molar-refractivity contribution is 5.72. The normalized spacial score (nSPS) is 18.5. The van der Waals surface area contributed by atoms with Crippen LogP contribution in [0.4, 0.5) is 0 Å². The van der Waals surface area contributed by atoms with Crippen molar-refractivity contribution in [2.24, 2.45) is 0 Å². The second-order valence-electron chi connectivity index (χ2n) is 6.13. The Morgan fingerprint density at radius 3 is 3.00 bits per heavy atom. The van der Waals surface area contributed by atoms with E-state index in [1.807, 2.05) is 41.2 Å². The third-order valence-corrected chi connectivity index (χ3v) is 4.13. The van der Waals surface area contributed by atoms with Gasteiger partial charge in [-0.25, -0.2) is 4.68 Å². The Morgan fingerprint density at radius 2 is 2.21 bits per heavy atom. The number of nitrogens with zero attached hydrogens (tertiary/aromatic N) is 3. The van der Waals surface area contributed by atoms with Gasteiger partial charge in [-0.05, 0) is 18.6 Å². The van der Waals surface area contributed by atoms with Gasteiger partial charge in [0.15, 0.2) is 0 Å². The summed E-state index contributed by atoms with van der Waals surface area (Å²) in [5.74, 6) is 0.0102. The molecule has 0 unspecified atom stereocenters. The molecule has 128 valence electrons. The Balaban J connectivity index is 1.52. The number of aromatic nitrogens is 2. The molecule has 1 N–H and O–H groups in total. The highest BCUT2D eigenvalue weighted by atomic mass is 16.5. The molecule has 3 rings (SSSR count). The summed E-state index contributed by atoms with van der Waals surface area (Å²) in [5.41, 5.74) is 2.26. The van der Waals surface area contributed by atoms with E-state index in [0.717, 1.165) is 38.3 Å². The van der Waals surface area contributed by atoms with Crippen LogP contribution in [0.5, 0.6) is 0 Å². The van der Waals surface area contributed by atoms with Gasteiger partial charge in [-0.3, -0.25) is 9.69 Å². The minimum Gasteiger partial charge on any atom is -0.375 e. The van der Waals surface area contributed by atoms with E-state index in [1.165, 1.54) is 5.56 Å². The highest BCUT2D eigenvalue weighted by Gasteiger charge is 2.20. The van der Waals surface area contributed by atoms with Crippen LogP contribution in [0.25, 0.3) is 5.69 Å². The molecular weight excluding hydrogens is 304 g/mol. The molecule has 1 amide bonds. The third-order valence-electron chi connectivity index (χ3n) is 4.13. The molecule has 6 heteroatoms. The number of amides is 1. The monoisotopic (exact) mass is 328 g/mol. The van der Waals surface area contributed by atoms with Crippen molar-refractivity contribution >= 4 is 5.91 Å². The molecular formula is C18H24N4O2. The van der Waals surface area contributed by atoms with Crippen molar-refractivity contribution in [2.45, 2.75) is 26.0 Å². The SMILES string of the molecule is CC(=O)NCC[C@@H]1CN(Cc2cnn(-c3ccccc3)c2)CCO1. The van der Waals surface area contributed by atoms with Crippen LogP contribution >= 0.6 is 0 Å². The summed E-state index contributed by atoms with van der Waals surface area (Å²) in [7, 11) is 0. The van der Waals surface area contributed by atoms with Crippen LogP contribution in [0.3, 0.4) is 0 Å². The first-order valence-electron chi connectivity index (χ1n) is 8.38. The van der Waals surface area contributed by atoms with E-state index in [4.69, 9.17) is 4.74 Å². The van der Waals surface area contributed by atoms with Crippen LogP contribution in [0.1, 0.15) is 18.9 Å². The fourth-order valence-electron chi connectivity index (χ4n) is 2.93. The maximum Gasteiger partial charge on any atom is 0.216 e. The zero-order valence-corrected chi connectivity index (χ0v) is 14.0. The predicted molar refractivity (Wildman–Crippen MR) is 91.9 cm³/mol. The number of ether oxygens (including phenoxy) is 1. The minimum absolute atomic E-state index is 0.0102. The average Bonchev–Trinajstić information content (AvgIpc) is 3.04. The number of hydrogen-bond donors (Lipinski definition) is 1. The zero-order chi connectivity index (χ0) is 16.8. The summed E-state index contributed by atoms with van der Waals surface area (Å²) in [5, 5.41) is 7.28. The summed E-state index contributed by atoms with van der Waals surface area (Å²) >= 11 is 0. The lowest BCUT2D eigenvalue weighted by atomic mass is 10.2. The molecule has 1 saturated heterocycles. The molecule has 6 nitrogen and oxygen atoms in total. The number of carbonyl (C=O) groups is 1. The Bertz CT molecular complexity index is 656. The van der Waals surface area contributed by atoms with Gasteiger partial charge in [0.05, 0.1) is 24.6 Å². The molecule has 24 heavy (non-hydrogen) atoms. The summed E-state index contributed by atoms with van der Waals surface area (Å²) in [4.78, 5) is 13.3. The zero-order valence-electron chi connectivity index (χ0n) is 14.0. The summed E-state index contributed by atoms with van der Waals surface area (Å²) in [6.45, 7) is 5.62. The van der Waals surface area contributed by atoms with Gasteiger partial charge in [0.1, 0.15) is 0 Å². The maximum atomic E-state index is 10.9. The van der Waals surface area contributed by atoms with Crippen molar-refractivity contribution in [2.75, 3.05) is 26.2 Å². The minimum atomic E-state index is 0.0102. The average molecular weight is 328 g/mol. The van der Waals surface area contributed by atoms with Crippen molar-refractivity contribution in [1.82, 2.24) is 20.0 Å².